The maximum atomic E-state index is 11.5. The van der Waals surface area contributed by atoms with Gasteiger partial charge in [-0.25, -0.2) is 4.79 Å². The van der Waals surface area contributed by atoms with E-state index >= 15 is 0 Å². The lowest BCUT2D eigenvalue weighted by atomic mass is 10.00. The molecule has 4 heteroatoms. The lowest BCUT2D eigenvalue weighted by Crippen LogP contribution is -2.29. The Morgan fingerprint density at radius 1 is 1.14 bits per heavy atom. The zero-order valence-corrected chi connectivity index (χ0v) is 13.0. The van der Waals surface area contributed by atoms with E-state index in [1.807, 2.05) is 38.1 Å². The molecule has 0 unspecified atom stereocenters. The van der Waals surface area contributed by atoms with Gasteiger partial charge in [0.1, 0.15) is 0 Å². The molecule has 0 saturated heterocycles. The molecule has 0 saturated carbocycles. The SMILES string of the molecule is COc1ccccc1O[C@@H](Cc1cc(C)ccc1C)C(=O)O. The molecule has 0 aliphatic rings. The molecule has 0 heterocycles. The van der Waals surface area contributed by atoms with E-state index in [2.05, 4.69) is 0 Å². The smallest absolute Gasteiger partial charge is 0.345 e. The van der Waals surface area contributed by atoms with Gasteiger partial charge in [-0.15, -0.1) is 0 Å². The van der Waals surface area contributed by atoms with Crippen molar-refractivity contribution in [1.29, 1.82) is 0 Å². The first kappa shape index (κ1) is 15.9. The Balaban J connectivity index is 2.24. The molecule has 2 aromatic rings. The van der Waals surface area contributed by atoms with Gasteiger partial charge in [-0.05, 0) is 37.1 Å². The molecule has 4 nitrogen and oxygen atoms in total. The molecule has 0 amide bonds. The van der Waals surface area contributed by atoms with Gasteiger partial charge >= 0.3 is 5.97 Å². The van der Waals surface area contributed by atoms with Crippen LogP contribution in [-0.4, -0.2) is 24.3 Å². The topological polar surface area (TPSA) is 55.8 Å². The summed E-state index contributed by atoms with van der Waals surface area (Å²) >= 11 is 0. The molecule has 2 aromatic carbocycles. The van der Waals surface area contributed by atoms with Crippen molar-refractivity contribution < 1.29 is 19.4 Å². The molecular formula is C18H20O4. The van der Waals surface area contributed by atoms with E-state index < -0.39 is 12.1 Å². The largest absolute Gasteiger partial charge is 0.493 e. The molecule has 0 fully saturated rings. The van der Waals surface area contributed by atoms with Gasteiger partial charge in [0.15, 0.2) is 17.6 Å². The van der Waals surface area contributed by atoms with Crippen LogP contribution in [0.2, 0.25) is 0 Å². The predicted molar refractivity (Wildman–Crippen MR) is 84.7 cm³/mol. The molecule has 22 heavy (non-hydrogen) atoms. The normalized spacial score (nSPS) is 11.8. The molecule has 2 rings (SSSR count). The van der Waals surface area contributed by atoms with Crippen LogP contribution >= 0.6 is 0 Å². The summed E-state index contributed by atoms with van der Waals surface area (Å²) in [4.78, 5) is 11.5. The second-order valence-corrected chi connectivity index (χ2v) is 5.23. The van der Waals surface area contributed by atoms with Crippen molar-refractivity contribution >= 4 is 5.97 Å². The second kappa shape index (κ2) is 6.98. The van der Waals surface area contributed by atoms with Crippen molar-refractivity contribution in [2.45, 2.75) is 26.4 Å². The molecule has 0 aliphatic carbocycles. The Labute approximate surface area is 130 Å². The fourth-order valence-corrected chi connectivity index (χ4v) is 2.27. The highest BCUT2D eigenvalue weighted by molar-refractivity contribution is 5.73. The maximum Gasteiger partial charge on any atom is 0.345 e. The number of rotatable bonds is 6. The zero-order valence-electron chi connectivity index (χ0n) is 13.0. The summed E-state index contributed by atoms with van der Waals surface area (Å²) in [7, 11) is 1.53. The van der Waals surface area contributed by atoms with Crippen LogP contribution in [0.3, 0.4) is 0 Å². The predicted octanol–water partition coefficient (Wildman–Crippen LogP) is 3.39. The number of carbonyl (C=O) groups is 1. The summed E-state index contributed by atoms with van der Waals surface area (Å²) < 4.78 is 10.9. The van der Waals surface area contributed by atoms with Crippen molar-refractivity contribution in [3.8, 4) is 11.5 Å². The van der Waals surface area contributed by atoms with Crippen molar-refractivity contribution in [2.24, 2.45) is 0 Å². The number of hydrogen-bond donors (Lipinski definition) is 1. The van der Waals surface area contributed by atoms with E-state index in [-0.39, 0.29) is 0 Å². The van der Waals surface area contributed by atoms with Gasteiger partial charge in [0.25, 0.3) is 0 Å². The summed E-state index contributed by atoms with van der Waals surface area (Å²) in [6.07, 6.45) is -0.655. The third-order valence-electron chi connectivity index (χ3n) is 3.52. The number of carboxylic acids is 1. The molecule has 1 N–H and O–H groups in total. The third-order valence-corrected chi connectivity index (χ3v) is 3.52. The van der Waals surface area contributed by atoms with Gasteiger partial charge in [0.2, 0.25) is 0 Å². The lowest BCUT2D eigenvalue weighted by molar-refractivity contribution is -0.145. The lowest BCUT2D eigenvalue weighted by Gasteiger charge is -2.18. The Hall–Kier alpha value is -2.49. The number of methoxy groups -OCH3 is 1. The first-order valence-corrected chi connectivity index (χ1v) is 7.10. The highest BCUT2D eigenvalue weighted by Gasteiger charge is 2.22. The number of hydrogen-bond acceptors (Lipinski definition) is 3. The van der Waals surface area contributed by atoms with Gasteiger partial charge in [0, 0.05) is 6.42 Å². The Morgan fingerprint density at radius 3 is 2.45 bits per heavy atom. The van der Waals surface area contributed by atoms with Gasteiger partial charge in [-0.1, -0.05) is 35.9 Å². The highest BCUT2D eigenvalue weighted by Crippen LogP contribution is 2.27. The molecule has 0 aromatic heterocycles. The monoisotopic (exact) mass is 300 g/mol. The van der Waals surface area contributed by atoms with Gasteiger partial charge in [-0.2, -0.15) is 0 Å². The first-order chi connectivity index (χ1) is 10.5. The minimum Gasteiger partial charge on any atom is -0.493 e. The highest BCUT2D eigenvalue weighted by atomic mass is 16.5. The van der Waals surface area contributed by atoms with Crippen LogP contribution in [0.25, 0.3) is 0 Å². The van der Waals surface area contributed by atoms with E-state index in [1.165, 1.54) is 7.11 Å². The van der Waals surface area contributed by atoms with E-state index in [1.54, 1.807) is 18.2 Å². The van der Waals surface area contributed by atoms with Crippen LogP contribution in [0, 0.1) is 13.8 Å². The van der Waals surface area contributed by atoms with E-state index in [0.29, 0.717) is 17.9 Å². The average molecular weight is 300 g/mol. The van der Waals surface area contributed by atoms with Crippen molar-refractivity contribution in [1.82, 2.24) is 0 Å². The fraction of sp³-hybridized carbons (Fsp3) is 0.278. The van der Waals surface area contributed by atoms with Crippen LogP contribution in [0.1, 0.15) is 16.7 Å². The quantitative estimate of drug-likeness (QED) is 0.888. The fourth-order valence-electron chi connectivity index (χ4n) is 2.27. The van der Waals surface area contributed by atoms with Gasteiger partial charge in [0.05, 0.1) is 7.11 Å². The molecule has 116 valence electrons. The van der Waals surface area contributed by atoms with E-state index in [9.17, 15) is 9.90 Å². The van der Waals surface area contributed by atoms with Crippen LogP contribution in [0.4, 0.5) is 0 Å². The van der Waals surface area contributed by atoms with E-state index in [4.69, 9.17) is 9.47 Å². The Bertz CT molecular complexity index is 664. The number of carboxylic acid groups (broad SMARTS) is 1. The second-order valence-electron chi connectivity index (χ2n) is 5.23. The van der Waals surface area contributed by atoms with Crippen LogP contribution in [0.5, 0.6) is 11.5 Å². The molecule has 0 spiro atoms. The third kappa shape index (κ3) is 3.79. The average Bonchev–Trinajstić information content (AvgIpc) is 2.50. The van der Waals surface area contributed by atoms with Crippen molar-refractivity contribution in [3.63, 3.8) is 0 Å². The minimum absolute atomic E-state index is 0.306. The van der Waals surface area contributed by atoms with Crippen molar-refractivity contribution in [2.75, 3.05) is 7.11 Å². The molecular weight excluding hydrogens is 280 g/mol. The summed E-state index contributed by atoms with van der Waals surface area (Å²) in [5.41, 5.74) is 3.13. The molecule has 0 bridgehead atoms. The minimum atomic E-state index is -0.994. The number of aliphatic carboxylic acids is 1. The summed E-state index contributed by atoms with van der Waals surface area (Å²) in [5, 5.41) is 9.45. The zero-order chi connectivity index (χ0) is 16.1. The number of para-hydroxylation sites is 2. The van der Waals surface area contributed by atoms with Crippen LogP contribution < -0.4 is 9.47 Å². The summed E-state index contributed by atoms with van der Waals surface area (Å²) in [5.74, 6) is -0.0377. The van der Waals surface area contributed by atoms with Gasteiger partial charge in [-0.3, -0.25) is 0 Å². The molecule has 1 atom stereocenters. The number of aryl methyl sites for hydroxylation is 2. The summed E-state index contributed by atoms with van der Waals surface area (Å²) in [6.45, 7) is 3.95. The molecule has 0 radical (unpaired) electrons. The molecule has 0 aliphatic heterocycles. The standard InChI is InChI=1S/C18H20O4/c1-12-8-9-13(2)14(10-12)11-17(18(19)20)22-16-7-5-4-6-15(16)21-3/h4-10,17H,11H2,1-3H3,(H,19,20)/t17-/m0/s1. The summed E-state index contributed by atoms with van der Waals surface area (Å²) in [6, 6.07) is 13.0. The Kier molecular flexibility index (Phi) is 5.04. The number of ether oxygens (including phenoxy) is 2. The maximum absolute atomic E-state index is 11.5. The number of benzene rings is 2. The first-order valence-electron chi connectivity index (χ1n) is 7.10. The van der Waals surface area contributed by atoms with E-state index in [0.717, 1.165) is 16.7 Å². The van der Waals surface area contributed by atoms with Crippen molar-refractivity contribution in [3.05, 3.63) is 59.2 Å². The van der Waals surface area contributed by atoms with Crippen LogP contribution in [0.15, 0.2) is 42.5 Å². The Morgan fingerprint density at radius 2 is 1.82 bits per heavy atom. The van der Waals surface area contributed by atoms with Crippen LogP contribution in [-0.2, 0) is 11.2 Å². The van der Waals surface area contributed by atoms with Gasteiger partial charge < -0.3 is 14.6 Å².